The summed E-state index contributed by atoms with van der Waals surface area (Å²) in [7, 11) is 0. The Balaban J connectivity index is 1.74. The molecular formula is C18H21NO. The third-order valence-electron chi connectivity index (χ3n) is 3.79. The molecule has 1 aliphatic rings. The number of ether oxygens (including phenoxy) is 1. The summed E-state index contributed by atoms with van der Waals surface area (Å²) in [6, 6.07) is 18.4. The Morgan fingerprint density at radius 1 is 0.800 bits per heavy atom. The maximum Gasteiger partial charge on any atom is 0.131 e. The number of piperidine rings is 1. The zero-order valence-corrected chi connectivity index (χ0v) is 11.8. The first kappa shape index (κ1) is 13.2. The summed E-state index contributed by atoms with van der Waals surface area (Å²) < 4.78 is 6.02. The summed E-state index contributed by atoms with van der Waals surface area (Å²) in [6.07, 6.45) is 4.02. The van der Waals surface area contributed by atoms with Crippen LogP contribution in [0.1, 0.15) is 24.8 Å². The minimum absolute atomic E-state index is 0.901. The number of benzene rings is 2. The molecule has 0 spiro atoms. The van der Waals surface area contributed by atoms with E-state index in [0.717, 1.165) is 18.0 Å². The fourth-order valence-corrected chi connectivity index (χ4v) is 2.71. The van der Waals surface area contributed by atoms with E-state index >= 15 is 0 Å². The van der Waals surface area contributed by atoms with E-state index in [9.17, 15) is 0 Å². The van der Waals surface area contributed by atoms with Crippen LogP contribution in [0.4, 0.5) is 0 Å². The van der Waals surface area contributed by atoms with Crippen molar-refractivity contribution in [3.8, 4) is 11.5 Å². The molecule has 0 unspecified atom stereocenters. The quantitative estimate of drug-likeness (QED) is 0.810. The molecule has 1 fully saturated rings. The van der Waals surface area contributed by atoms with Crippen LogP contribution in [0.15, 0.2) is 54.6 Å². The smallest absolute Gasteiger partial charge is 0.131 e. The van der Waals surface area contributed by atoms with Gasteiger partial charge in [0.2, 0.25) is 0 Å². The summed E-state index contributed by atoms with van der Waals surface area (Å²) in [6.45, 7) is 3.41. The van der Waals surface area contributed by atoms with Gasteiger partial charge in [0.15, 0.2) is 0 Å². The van der Waals surface area contributed by atoms with E-state index in [-0.39, 0.29) is 0 Å². The molecule has 3 rings (SSSR count). The predicted octanol–water partition coefficient (Wildman–Crippen LogP) is 4.46. The van der Waals surface area contributed by atoms with Gasteiger partial charge in [0.1, 0.15) is 11.5 Å². The van der Waals surface area contributed by atoms with Crippen molar-refractivity contribution in [1.29, 1.82) is 0 Å². The monoisotopic (exact) mass is 267 g/mol. The van der Waals surface area contributed by atoms with Crippen molar-refractivity contribution in [3.05, 3.63) is 60.2 Å². The van der Waals surface area contributed by atoms with Gasteiger partial charge in [0.25, 0.3) is 0 Å². The van der Waals surface area contributed by atoms with Crippen LogP contribution in [-0.2, 0) is 6.54 Å². The van der Waals surface area contributed by atoms with Gasteiger partial charge in [0.05, 0.1) is 0 Å². The summed E-state index contributed by atoms with van der Waals surface area (Å²) in [4.78, 5) is 2.52. The van der Waals surface area contributed by atoms with Gasteiger partial charge < -0.3 is 4.74 Å². The van der Waals surface area contributed by atoms with Crippen LogP contribution in [0.5, 0.6) is 11.5 Å². The van der Waals surface area contributed by atoms with E-state index in [1.165, 1.54) is 37.9 Å². The van der Waals surface area contributed by atoms with E-state index in [1.54, 1.807) is 0 Å². The van der Waals surface area contributed by atoms with Crippen molar-refractivity contribution in [1.82, 2.24) is 4.90 Å². The van der Waals surface area contributed by atoms with Crippen molar-refractivity contribution in [2.45, 2.75) is 25.8 Å². The minimum atomic E-state index is 0.901. The molecule has 2 nitrogen and oxygen atoms in total. The molecule has 2 heteroatoms. The van der Waals surface area contributed by atoms with Crippen molar-refractivity contribution in [2.75, 3.05) is 13.1 Å². The van der Waals surface area contributed by atoms with Gasteiger partial charge in [0, 0.05) is 12.1 Å². The van der Waals surface area contributed by atoms with E-state index in [0.29, 0.717) is 0 Å². The third kappa shape index (κ3) is 3.40. The molecular weight excluding hydrogens is 246 g/mol. The average molecular weight is 267 g/mol. The number of hydrogen-bond acceptors (Lipinski definition) is 2. The molecule has 0 saturated carbocycles. The lowest BCUT2D eigenvalue weighted by Gasteiger charge is -2.27. The molecule has 2 aromatic carbocycles. The molecule has 1 aliphatic heterocycles. The Bertz CT molecular complexity index is 532. The third-order valence-corrected chi connectivity index (χ3v) is 3.79. The fourth-order valence-electron chi connectivity index (χ4n) is 2.71. The normalized spacial score (nSPS) is 16.0. The average Bonchev–Trinajstić information content (AvgIpc) is 2.51. The first-order chi connectivity index (χ1) is 9.92. The number of rotatable bonds is 4. The molecule has 20 heavy (non-hydrogen) atoms. The molecule has 0 amide bonds. The lowest BCUT2D eigenvalue weighted by Crippen LogP contribution is -2.29. The summed E-state index contributed by atoms with van der Waals surface area (Å²) in [5.74, 6) is 1.88. The minimum Gasteiger partial charge on any atom is -0.457 e. The molecule has 1 heterocycles. The Kier molecular flexibility index (Phi) is 4.34. The van der Waals surface area contributed by atoms with Crippen LogP contribution < -0.4 is 4.74 Å². The Hall–Kier alpha value is -1.80. The SMILES string of the molecule is c1ccc(Oc2ccccc2CN2CCCCC2)cc1. The maximum absolute atomic E-state index is 6.02. The first-order valence-corrected chi connectivity index (χ1v) is 7.45. The van der Waals surface area contributed by atoms with Gasteiger partial charge >= 0.3 is 0 Å². The zero-order valence-electron chi connectivity index (χ0n) is 11.8. The van der Waals surface area contributed by atoms with Crippen LogP contribution >= 0.6 is 0 Å². The lowest BCUT2D eigenvalue weighted by atomic mass is 10.1. The molecule has 0 atom stereocenters. The second-order valence-corrected chi connectivity index (χ2v) is 5.36. The zero-order chi connectivity index (χ0) is 13.6. The van der Waals surface area contributed by atoms with Gasteiger partial charge in [-0.1, -0.05) is 42.8 Å². The van der Waals surface area contributed by atoms with E-state index < -0.39 is 0 Å². The Labute approximate surface area is 121 Å². The molecule has 0 aromatic heterocycles. The first-order valence-electron chi connectivity index (χ1n) is 7.45. The molecule has 0 aliphatic carbocycles. The van der Waals surface area contributed by atoms with Gasteiger partial charge in [-0.05, 0) is 44.1 Å². The van der Waals surface area contributed by atoms with Crippen molar-refractivity contribution in [2.24, 2.45) is 0 Å². The van der Waals surface area contributed by atoms with Crippen LogP contribution in [0.2, 0.25) is 0 Å². The van der Waals surface area contributed by atoms with E-state index in [1.807, 2.05) is 36.4 Å². The summed E-state index contributed by atoms with van der Waals surface area (Å²) in [5.41, 5.74) is 1.28. The highest BCUT2D eigenvalue weighted by Crippen LogP contribution is 2.26. The Morgan fingerprint density at radius 2 is 1.50 bits per heavy atom. The van der Waals surface area contributed by atoms with Gasteiger partial charge in [-0.3, -0.25) is 4.90 Å². The topological polar surface area (TPSA) is 12.5 Å². The second kappa shape index (κ2) is 6.58. The summed E-state index contributed by atoms with van der Waals surface area (Å²) >= 11 is 0. The molecule has 2 aromatic rings. The molecule has 104 valence electrons. The highest BCUT2D eigenvalue weighted by Gasteiger charge is 2.13. The van der Waals surface area contributed by atoms with Gasteiger partial charge in [-0.2, -0.15) is 0 Å². The second-order valence-electron chi connectivity index (χ2n) is 5.36. The highest BCUT2D eigenvalue weighted by molar-refractivity contribution is 5.37. The maximum atomic E-state index is 6.02. The van der Waals surface area contributed by atoms with Gasteiger partial charge in [-0.25, -0.2) is 0 Å². The lowest BCUT2D eigenvalue weighted by molar-refractivity contribution is 0.219. The number of nitrogens with zero attached hydrogens (tertiary/aromatic N) is 1. The van der Waals surface area contributed by atoms with Crippen molar-refractivity contribution in [3.63, 3.8) is 0 Å². The van der Waals surface area contributed by atoms with E-state index in [2.05, 4.69) is 23.1 Å². The highest BCUT2D eigenvalue weighted by atomic mass is 16.5. The van der Waals surface area contributed by atoms with Crippen LogP contribution in [-0.4, -0.2) is 18.0 Å². The Morgan fingerprint density at radius 3 is 2.30 bits per heavy atom. The largest absolute Gasteiger partial charge is 0.457 e. The van der Waals surface area contributed by atoms with E-state index in [4.69, 9.17) is 4.74 Å². The van der Waals surface area contributed by atoms with Crippen LogP contribution in [0, 0.1) is 0 Å². The van der Waals surface area contributed by atoms with Crippen LogP contribution in [0.3, 0.4) is 0 Å². The van der Waals surface area contributed by atoms with Crippen molar-refractivity contribution < 1.29 is 4.74 Å². The fraction of sp³-hybridized carbons (Fsp3) is 0.333. The van der Waals surface area contributed by atoms with Crippen molar-refractivity contribution >= 4 is 0 Å². The molecule has 0 bridgehead atoms. The van der Waals surface area contributed by atoms with Gasteiger partial charge in [-0.15, -0.1) is 0 Å². The van der Waals surface area contributed by atoms with Crippen LogP contribution in [0.25, 0.3) is 0 Å². The number of hydrogen-bond donors (Lipinski definition) is 0. The number of likely N-dealkylation sites (tertiary alicyclic amines) is 1. The molecule has 0 radical (unpaired) electrons. The predicted molar refractivity (Wildman–Crippen MR) is 82.1 cm³/mol. The number of para-hydroxylation sites is 2. The molecule has 0 N–H and O–H groups in total. The molecule has 1 saturated heterocycles. The standard InChI is InChI=1S/C18H21NO/c1-3-10-17(11-4-1)20-18-12-6-5-9-16(18)15-19-13-7-2-8-14-19/h1,3-6,9-12H,2,7-8,13-15H2. The summed E-state index contributed by atoms with van der Waals surface area (Å²) in [5, 5.41) is 0.